The first-order chi connectivity index (χ1) is 7.68. The van der Waals surface area contributed by atoms with Crippen molar-refractivity contribution in [3.05, 3.63) is 47.2 Å². The largest absolute Gasteiger partial charge is 0.463 e. The number of amides is 1. The lowest BCUT2D eigenvalue weighted by molar-refractivity contribution is 0.0958. The molecule has 2 rings (SSSR count). The van der Waals surface area contributed by atoms with Crippen LogP contribution in [0.2, 0.25) is 0 Å². The molecule has 0 atom stereocenters. The van der Waals surface area contributed by atoms with E-state index in [2.05, 4.69) is 27.8 Å². The Morgan fingerprint density at radius 2 is 2.19 bits per heavy atom. The molecular weight excluding hydrogens is 270 g/mol. The predicted molar refractivity (Wildman–Crippen MR) is 66.6 cm³/mol. The van der Waals surface area contributed by atoms with Crippen LogP contribution in [0.1, 0.15) is 10.4 Å². The van der Waals surface area contributed by atoms with Crippen molar-refractivity contribution in [3.63, 3.8) is 0 Å². The third-order valence-corrected chi connectivity index (χ3v) is 2.45. The number of hydrogen-bond donors (Lipinski definition) is 1. The monoisotopic (exact) mass is 279 g/mol. The number of carbonyl (C=O) groups excluding carboxylic acids is 1. The minimum atomic E-state index is -0.162. The fraction of sp³-hybridized carbons (Fsp3) is 0.0833. The molecule has 0 saturated heterocycles. The highest BCUT2D eigenvalue weighted by molar-refractivity contribution is 9.11. The number of furan rings is 1. The van der Waals surface area contributed by atoms with Gasteiger partial charge in [0.15, 0.2) is 0 Å². The number of carbonyl (C=O) groups is 1. The third-order valence-electron chi connectivity index (χ3n) is 2.17. The molecule has 4 heteroatoms. The molecule has 1 amide bonds. The number of benzene rings is 1. The minimum absolute atomic E-state index is 0.162. The highest BCUT2D eigenvalue weighted by Gasteiger charge is 2.12. The maximum atomic E-state index is 11.8. The Balaban J connectivity index is 2.26. The molecule has 1 aromatic carbocycles. The predicted octanol–water partition coefficient (Wildman–Crippen LogP) is 3.07. The summed E-state index contributed by atoms with van der Waals surface area (Å²) < 4.78 is 6.01. The first kappa shape index (κ1) is 11.0. The molecule has 0 bridgehead atoms. The second kappa shape index (κ2) is 4.53. The van der Waals surface area contributed by atoms with Gasteiger partial charge in [-0.2, -0.15) is 0 Å². The van der Waals surface area contributed by atoms with Crippen LogP contribution in [-0.2, 0) is 0 Å². The Morgan fingerprint density at radius 3 is 2.94 bits per heavy atom. The Kier molecular flexibility index (Phi) is 3.10. The van der Waals surface area contributed by atoms with E-state index in [0.29, 0.717) is 17.7 Å². The summed E-state index contributed by atoms with van der Waals surface area (Å²) in [7, 11) is 0. The minimum Gasteiger partial charge on any atom is -0.463 e. The molecule has 0 aliphatic heterocycles. The molecule has 1 aromatic heterocycles. The van der Waals surface area contributed by atoms with Gasteiger partial charge in [-0.25, -0.2) is 0 Å². The third kappa shape index (κ3) is 2.17. The van der Waals surface area contributed by atoms with Crippen molar-refractivity contribution in [1.29, 1.82) is 0 Å². The lowest BCUT2D eigenvalue weighted by atomic mass is 10.1. The molecule has 82 valence electrons. The maximum Gasteiger partial charge on any atom is 0.255 e. The summed E-state index contributed by atoms with van der Waals surface area (Å²) in [5.74, 6) is -0.162. The summed E-state index contributed by atoms with van der Waals surface area (Å²) in [5.41, 5.74) is 1.26. The summed E-state index contributed by atoms with van der Waals surface area (Å²) in [6.07, 6.45) is 1.47. The zero-order valence-electron chi connectivity index (χ0n) is 8.50. The molecule has 0 saturated carbocycles. The fourth-order valence-corrected chi connectivity index (χ4v) is 1.57. The van der Waals surface area contributed by atoms with Gasteiger partial charge in [-0.15, -0.1) is 0 Å². The number of hydrogen-bond acceptors (Lipinski definition) is 2. The molecule has 1 N–H and O–H groups in total. The summed E-state index contributed by atoms with van der Waals surface area (Å²) in [4.78, 5) is 11.8. The van der Waals surface area contributed by atoms with Gasteiger partial charge in [-0.3, -0.25) is 4.79 Å². The van der Waals surface area contributed by atoms with Gasteiger partial charge in [-0.1, -0.05) is 40.7 Å². The van der Waals surface area contributed by atoms with Gasteiger partial charge in [0, 0.05) is 16.4 Å². The Labute approximate surface area is 101 Å². The summed E-state index contributed by atoms with van der Waals surface area (Å²) in [6.45, 7) is 4.05. The van der Waals surface area contributed by atoms with Crippen LogP contribution >= 0.6 is 15.9 Å². The Hall–Kier alpha value is -1.55. The molecule has 3 nitrogen and oxygen atoms in total. The quantitative estimate of drug-likeness (QED) is 0.938. The van der Waals surface area contributed by atoms with Crippen molar-refractivity contribution in [2.75, 3.05) is 6.54 Å². The van der Waals surface area contributed by atoms with Crippen molar-refractivity contribution in [3.8, 4) is 0 Å². The fourth-order valence-electron chi connectivity index (χ4n) is 1.43. The van der Waals surface area contributed by atoms with E-state index in [1.165, 1.54) is 6.26 Å². The first-order valence-electron chi connectivity index (χ1n) is 4.76. The van der Waals surface area contributed by atoms with E-state index < -0.39 is 0 Å². The van der Waals surface area contributed by atoms with E-state index in [9.17, 15) is 4.79 Å². The highest BCUT2D eigenvalue weighted by Crippen LogP contribution is 2.20. The number of halogens is 1. The Bertz CT molecular complexity index is 545. The van der Waals surface area contributed by atoms with Gasteiger partial charge in [0.05, 0.1) is 5.56 Å². The standard InChI is InChI=1S/C12H10BrNO2/c1-8(13)6-14-12(15)10-7-16-11-5-3-2-4-9(10)11/h2-5,7H,1,6H2,(H,14,15). The molecule has 16 heavy (non-hydrogen) atoms. The number of para-hydroxylation sites is 1. The van der Waals surface area contributed by atoms with Crippen molar-refractivity contribution < 1.29 is 9.21 Å². The molecule has 0 spiro atoms. The second-order valence-corrected chi connectivity index (χ2v) is 4.47. The number of nitrogens with one attached hydrogen (secondary N) is 1. The van der Waals surface area contributed by atoms with E-state index in [1.807, 2.05) is 24.3 Å². The second-order valence-electron chi connectivity index (χ2n) is 3.35. The topological polar surface area (TPSA) is 42.2 Å². The average Bonchev–Trinajstić information content (AvgIpc) is 2.69. The SMILES string of the molecule is C=C(Br)CNC(=O)c1coc2ccccc12. The normalized spacial score (nSPS) is 10.3. The molecule has 0 radical (unpaired) electrons. The van der Waals surface area contributed by atoms with Gasteiger partial charge in [0.25, 0.3) is 5.91 Å². The molecule has 0 unspecified atom stereocenters. The summed E-state index contributed by atoms with van der Waals surface area (Å²) >= 11 is 3.18. The van der Waals surface area contributed by atoms with E-state index in [0.717, 1.165) is 9.87 Å². The highest BCUT2D eigenvalue weighted by atomic mass is 79.9. The van der Waals surface area contributed by atoms with Crippen LogP contribution in [0.4, 0.5) is 0 Å². The van der Waals surface area contributed by atoms with Gasteiger partial charge in [-0.05, 0) is 6.07 Å². The van der Waals surface area contributed by atoms with Gasteiger partial charge < -0.3 is 9.73 Å². The number of rotatable bonds is 3. The van der Waals surface area contributed by atoms with E-state index in [-0.39, 0.29) is 5.91 Å². The van der Waals surface area contributed by atoms with Gasteiger partial charge >= 0.3 is 0 Å². The lowest BCUT2D eigenvalue weighted by Gasteiger charge is -2.01. The lowest BCUT2D eigenvalue weighted by Crippen LogP contribution is -2.23. The van der Waals surface area contributed by atoms with Crippen LogP contribution in [0.5, 0.6) is 0 Å². The van der Waals surface area contributed by atoms with Crippen LogP contribution in [0.15, 0.2) is 46.0 Å². The van der Waals surface area contributed by atoms with Crippen molar-refractivity contribution in [1.82, 2.24) is 5.32 Å². The van der Waals surface area contributed by atoms with E-state index >= 15 is 0 Å². The van der Waals surface area contributed by atoms with E-state index in [4.69, 9.17) is 4.42 Å². The number of fused-ring (bicyclic) bond motifs is 1. The molecule has 2 aromatic rings. The van der Waals surface area contributed by atoms with Crippen LogP contribution < -0.4 is 5.32 Å². The summed E-state index contributed by atoms with van der Waals surface area (Å²) in [5, 5.41) is 3.55. The van der Waals surface area contributed by atoms with Crippen LogP contribution in [-0.4, -0.2) is 12.5 Å². The first-order valence-corrected chi connectivity index (χ1v) is 5.55. The molecular formula is C12H10BrNO2. The van der Waals surface area contributed by atoms with Gasteiger partial charge in [0.2, 0.25) is 0 Å². The molecule has 0 fully saturated rings. The van der Waals surface area contributed by atoms with Gasteiger partial charge in [0.1, 0.15) is 11.8 Å². The molecule has 0 aliphatic carbocycles. The zero-order chi connectivity index (χ0) is 11.5. The zero-order valence-corrected chi connectivity index (χ0v) is 10.1. The Morgan fingerprint density at radius 1 is 1.44 bits per heavy atom. The van der Waals surface area contributed by atoms with Crippen LogP contribution in [0.3, 0.4) is 0 Å². The van der Waals surface area contributed by atoms with Crippen molar-refractivity contribution in [2.24, 2.45) is 0 Å². The average molecular weight is 280 g/mol. The smallest absolute Gasteiger partial charge is 0.255 e. The van der Waals surface area contributed by atoms with Crippen LogP contribution in [0.25, 0.3) is 11.0 Å². The maximum absolute atomic E-state index is 11.8. The van der Waals surface area contributed by atoms with Crippen molar-refractivity contribution in [2.45, 2.75) is 0 Å². The molecule has 1 heterocycles. The van der Waals surface area contributed by atoms with Crippen molar-refractivity contribution >= 4 is 32.8 Å². The molecule has 0 aliphatic rings. The summed E-state index contributed by atoms with van der Waals surface area (Å²) in [6, 6.07) is 7.43. The van der Waals surface area contributed by atoms with E-state index in [1.54, 1.807) is 0 Å². The van der Waals surface area contributed by atoms with Crippen LogP contribution in [0, 0.1) is 0 Å².